The van der Waals surface area contributed by atoms with Crippen LogP contribution in [-0.4, -0.2) is 0 Å². The van der Waals surface area contributed by atoms with E-state index < -0.39 is 0 Å². The zero-order valence-corrected chi connectivity index (χ0v) is 10.5. The van der Waals surface area contributed by atoms with Crippen LogP contribution in [0.5, 0.6) is 0 Å². The molecule has 0 spiro atoms. The van der Waals surface area contributed by atoms with Gasteiger partial charge in [-0.1, -0.05) is 12.1 Å². The summed E-state index contributed by atoms with van der Waals surface area (Å²) in [7, 11) is 0. The molecule has 1 aromatic carbocycles. The number of fused-ring (bicyclic) bond motifs is 1. The van der Waals surface area contributed by atoms with E-state index in [2.05, 4.69) is 35.0 Å². The van der Waals surface area contributed by atoms with Crippen molar-refractivity contribution in [3.8, 4) is 0 Å². The van der Waals surface area contributed by atoms with Crippen molar-refractivity contribution in [1.29, 1.82) is 0 Å². The number of nitrogens with two attached hydrogens (primary N) is 1. The van der Waals surface area contributed by atoms with Crippen LogP contribution < -0.4 is 5.73 Å². The molecule has 2 N–H and O–H groups in total. The monoisotopic (exact) mass is 241 g/mol. The van der Waals surface area contributed by atoms with E-state index in [1.54, 1.807) is 11.3 Å². The van der Waals surface area contributed by atoms with Gasteiger partial charge >= 0.3 is 0 Å². The Labute approximate surface area is 106 Å². The quantitative estimate of drug-likeness (QED) is 0.793. The van der Waals surface area contributed by atoms with Gasteiger partial charge in [-0.15, -0.1) is 0 Å². The van der Waals surface area contributed by atoms with Crippen LogP contribution in [0.1, 0.15) is 23.1 Å². The summed E-state index contributed by atoms with van der Waals surface area (Å²) in [6, 6.07) is 8.47. The van der Waals surface area contributed by atoms with E-state index in [1.165, 1.54) is 22.3 Å². The summed E-state index contributed by atoms with van der Waals surface area (Å²) >= 11 is 1.76. The second-order valence-electron chi connectivity index (χ2n) is 4.48. The molecule has 1 aliphatic rings. The summed E-state index contributed by atoms with van der Waals surface area (Å²) in [6.07, 6.45) is 5.70. The molecule has 0 unspecified atom stereocenters. The van der Waals surface area contributed by atoms with Crippen LogP contribution in [0.4, 0.5) is 5.69 Å². The second kappa shape index (κ2) is 4.38. The molecule has 1 nitrogen and oxygen atoms in total. The Morgan fingerprint density at radius 2 is 2.18 bits per heavy atom. The smallest absolute Gasteiger partial charge is 0.0317 e. The maximum Gasteiger partial charge on any atom is 0.0317 e. The topological polar surface area (TPSA) is 26.0 Å². The van der Waals surface area contributed by atoms with E-state index in [0.29, 0.717) is 0 Å². The molecular formula is C15H15NS. The van der Waals surface area contributed by atoms with Gasteiger partial charge in [0.25, 0.3) is 0 Å². The number of nitrogen functional groups attached to an aromatic ring is 1. The first-order chi connectivity index (χ1) is 8.33. The van der Waals surface area contributed by atoms with Gasteiger partial charge in [-0.05, 0) is 70.5 Å². The third kappa shape index (κ3) is 2.13. The van der Waals surface area contributed by atoms with E-state index in [-0.39, 0.29) is 0 Å². The van der Waals surface area contributed by atoms with Crippen LogP contribution in [-0.2, 0) is 12.8 Å². The summed E-state index contributed by atoms with van der Waals surface area (Å²) < 4.78 is 0. The van der Waals surface area contributed by atoms with Crippen LogP contribution >= 0.6 is 11.3 Å². The number of allylic oxidation sites excluding steroid dienone is 2. The minimum Gasteiger partial charge on any atom is -0.399 e. The third-order valence-electron chi connectivity index (χ3n) is 3.30. The molecule has 1 aromatic heterocycles. The molecule has 0 radical (unpaired) electrons. The Morgan fingerprint density at radius 1 is 1.24 bits per heavy atom. The molecule has 0 saturated carbocycles. The lowest BCUT2D eigenvalue weighted by atomic mass is 10.0. The number of hydrogen-bond acceptors (Lipinski definition) is 2. The first-order valence-electron chi connectivity index (χ1n) is 5.92. The van der Waals surface area contributed by atoms with Crippen molar-refractivity contribution < 1.29 is 0 Å². The maximum absolute atomic E-state index is 5.81. The van der Waals surface area contributed by atoms with Crippen molar-refractivity contribution in [2.75, 3.05) is 5.73 Å². The van der Waals surface area contributed by atoms with Gasteiger partial charge in [-0.2, -0.15) is 11.3 Å². The number of aryl methyl sites for hydroxylation is 1. The summed E-state index contributed by atoms with van der Waals surface area (Å²) in [5.41, 5.74) is 12.4. The molecule has 1 heterocycles. The molecule has 0 aliphatic heterocycles. The molecule has 2 heteroatoms. The molecule has 0 amide bonds. The Kier molecular flexibility index (Phi) is 2.73. The lowest BCUT2D eigenvalue weighted by Crippen LogP contribution is -1.88. The predicted octanol–water partition coefficient (Wildman–Crippen LogP) is 3.90. The highest BCUT2D eigenvalue weighted by Crippen LogP contribution is 2.33. The third-order valence-corrected chi connectivity index (χ3v) is 4.04. The summed E-state index contributed by atoms with van der Waals surface area (Å²) in [5, 5.41) is 4.35. The molecule has 3 rings (SSSR count). The van der Waals surface area contributed by atoms with Crippen LogP contribution in [0.3, 0.4) is 0 Å². The maximum atomic E-state index is 5.81. The lowest BCUT2D eigenvalue weighted by Gasteiger charge is -2.02. The molecule has 0 fully saturated rings. The van der Waals surface area contributed by atoms with Gasteiger partial charge < -0.3 is 5.73 Å². The molecule has 1 aliphatic carbocycles. The van der Waals surface area contributed by atoms with Gasteiger partial charge in [0.1, 0.15) is 0 Å². The fourth-order valence-corrected chi connectivity index (χ4v) is 3.08. The Hall–Kier alpha value is -1.54. The fourth-order valence-electron chi connectivity index (χ4n) is 2.40. The minimum absolute atomic E-state index is 0.878. The lowest BCUT2D eigenvalue weighted by molar-refractivity contribution is 1.08. The molecule has 0 atom stereocenters. The van der Waals surface area contributed by atoms with Crippen LogP contribution in [0.2, 0.25) is 0 Å². The average molecular weight is 241 g/mol. The Bertz CT molecular complexity index is 552. The van der Waals surface area contributed by atoms with Crippen molar-refractivity contribution in [2.24, 2.45) is 0 Å². The van der Waals surface area contributed by atoms with E-state index in [4.69, 9.17) is 5.73 Å². The number of benzene rings is 1. The molecule has 86 valence electrons. The standard InChI is InChI=1S/C15H15NS/c16-14-5-6-15-12(3-4-13(15)9-14)2-1-11-7-8-17-10-11/h2,5-10H,1,3-4,16H2/b12-2-. The normalized spacial score (nSPS) is 16.4. The van der Waals surface area contributed by atoms with Gasteiger partial charge in [-0.25, -0.2) is 0 Å². The highest BCUT2D eigenvalue weighted by molar-refractivity contribution is 7.07. The Morgan fingerprint density at radius 3 is 3.00 bits per heavy atom. The van der Waals surface area contributed by atoms with Gasteiger partial charge in [0, 0.05) is 5.69 Å². The largest absolute Gasteiger partial charge is 0.399 e. The zero-order chi connectivity index (χ0) is 11.7. The highest BCUT2D eigenvalue weighted by atomic mass is 32.1. The molecule has 0 saturated heterocycles. The minimum atomic E-state index is 0.878. The van der Waals surface area contributed by atoms with Gasteiger partial charge in [-0.3, -0.25) is 0 Å². The van der Waals surface area contributed by atoms with E-state index in [0.717, 1.165) is 24.9 Å². The number of thiophene rings is 1. The predicted molar refractivity (Wildman–Crippen MR) is 75.2 cm³/mol. The van der Waals surface area contributed by atoms with Crippen molar-refractivity contribution in [3.05, 3.63) is 57.8 Å². The van der Waals surface area contributed by atoms with E-state index in [9.17, 15) is 0 Å². The van der Waals surface area contributed by atoms with Gasteiger partial charge in [0.05, 0.1) is 0 Å². The summed E-state index contributed by atoms with van der Waals surface area (Å²) in [5.74, 6) is 0. The van der Waals surface area contributed by atoms with E-state index >= 15 is 0 Å². The van der Waals surface area contributed by atoms with Crippen LogP contribution in [0.25, 0.3) is 5.57 Å². The number of rotatable bonds is 2. The van der Waals surface area contributed by atoms with Gasteiger partial charge in [0.15, 0.2) is 0 Å². The van der Waals surface area contributed by atoms with Crippen molar-refractivity contribution >= 4 is 22.6 Å². The Balaban J connectivity index is 1.86. The molecule has 0 bridgehead atoms. The summed E-state index contributed by atoms with van der Waals surface area (Å²) in [4.78, 5) is 0. The molecule has 2 aromatic rings. The van der Waals surface area contributed by atoms with E-state index in [1.807, 2.05) is 6.07 Å². The summed E-state index contributed by atoms with van der Waals surface area (Å²) in [6.45, 7) is 0. The van der Waals surface area contributed by atoms with Crippen molar-refractivity contribution in [3.63, 3.8) is 0 Å². The first-order valence-corrected chi connectivity index (χ1v) is 6.86. The molecule has 17 heavy (non-hydrogen) atoms. The SMILES string of the molecule is Nc1ccc2c(c1)CC/C2=C/Cc1ccsc1. The first kappa shape index (κ1) is 10.6. The fraction of sp³-hybridized carbons (Fsp3) is 0.200. The zero-order valence-electron chi connectivity index (χ0n) is 9.65. The second-order valence-corrected chi connectivity index (χ2v) is 5.26. The molecular weight excluding hydrogens is 226 g/mol. The van der Waals surface area contributed by atoms with Crippen LogP contribution in [0.15, 0.2) is 41.1 Å². The van der Waals surface area contributed by atoms with Crippen LogP contribution in [0, 0.1) is 0 Å². The average Bonchev–Trinajstić information content (AvgIpc) is 2.94. The van der Waals surface area contributed by atoms with Gasteiger partial charge in [0.2, 0.25) is 0 Å². The van der Waals surface area contributed by atoms with Crippen molar-refractivity contribution in [2.45, 2.75) is 19.3 Å². The number of hydrogen-bond donors (Lipinski definition) is 1. The highest BCUT2D eigenvalue weighted by Gasteiger charge is 2.15. The van der Waals surface area contributed by atoms with Crippen molar-refractivity contribution in [1.82, 2.24) is 0 Å². The number of anilines is 1.